The molecule has 0 aromatic heterocycles. The number of benzene rings is 8. The van der Waals surface area contributed by atoms with Crippen molar-refractivity contribution >= 4 is 32.3 Å². The molecule has 1 heteroatoms. The van der Waals surface area contributed by atoms with Gasteiger partial charge in [-0.3, -0.25) is 0 Å². The summed E-state index contributed by atoms with van der Waals surface area (Å²) in [6.45, 7) is 6.60. The predicted octanol–water partition coefficient (Wildman–Crippen LogP) is 13.1. The van der Waals surface area contributed by atoms with Crippen LogP contribution >= 0.6 is 0 Å². The molecule has 8 aromatic rings. The molecule has 0 saturated carbocycles. The van der Waals surface area contributed by atoms with Crippen LogP contribution in [0.15, 0.2) is 133 Å². The third-order valence-electron chi connectivity index (χ3n) is 10.1. The summed E-state index contributed by atoms with van der Waals surface area (Å²) in [6.07, 6.45) is 3.04. The third kappa shape index (κ3) is 4.98. The summed E-state index contributed by atoms with van der Waals surface area (Å²) in [6, 6.07) is 48.0. The standard InChI is InChI=1S/C46H37F/c1-4-29-7-13-32(14-8-29)41-27-42(33-15-9-30(5-2)10-16-33)38-25-26-40-44(35-19-21-36(47)22-20-35)28-43(34-17-11-31(6-3)12-18-34)39-24-23-37(41)45(38)46(39)40/h7-28H,4-6H2,1-3H3. The molecule has 0 radical (unpaired) electrons. The second-order valence-electron chi connectivity index (χ2n) is 12.7. The summed E-state index contributed by atoms with van der Waals surface area (Å²) in [7, 11) is 0. The summed E-state index contributed by atoms with van der Waals surface area (Å²) in [5.41, 5.74) is 13.4. The average Bonchev–Trinajstić information content (AvgIpc) is 3.14. The van der Waals surface area contributed by atoms with E-state index in [0.29, 0.717) is 0 Å². The third-order valence-corrected chi connectivity index (χ3v) is 10.1. The van der Waals surface area contributed by atoms with Gasteiger partial charge in [0.1, 0.15) is 5.82 Å². The highest BCUT2D eigenvalue weighted by Gasteiger charge is 2.21. The molecule has 47 heavy (non-hydrogen) atoms. The van der Waals surface area contributed by atoms with Gasteiger partial charge in [-0.05, 0) is 137 Å². The first kappa shape index (κ1) is 29.2. The second-order valence-corrected chi connectivity index (χ2v) is 12.7. The van der Waals surface area contributed by atoms with Gasteiger partial charge in [0, 0.05) is 0 Å². The van der Waals surface area contributed by atoms with Crippen molar-refractivity contribution in [1.82, 2.24) is 0 Å². The van der Waals surface area contributed by atoms with Gasteiger partial charge in [-0.2, -0.15) is 0 Å². The van der Waals surface area contributed by atoms with E-state index in [1.807, 2.05) is 12.1 Å². The van der Waals surface area contributed by atoms with Gasteiger partial charge in [0.2, 0.25) is 0 Å². The predicted molar refractivity (Wildman–Crippen MR) is 200 cm³/mol. The zero-order valence-corrected chi connectivity index (χ0v) is 27.2. The molecular formula is C46H37F. The van der Waals surface area contributed by atoms with Crippen molar-refractivity contribution in [2.75, 3.05) is 0 Å². The van der Waals surface area contributed by atoms with Gasteiger partial charge in [-0.25, -0.2) is 4.39 Å². The van der Waals surface area contributed by atoms with Crippen LogP contribution in [-0.2, 0) is 19.3 Å². The summed E-state index contributed by atoms with van der Waals surface area (Å²) in [4.78, 5) is 0. The molecule has 0 atom stereocenters. The van der Waals surface area contributed by atoms with Crippen LogP contribution in [0.1, 0.15) is 37.5 Å². The summed E-state index contributed by atoms with van der Waals surface area (Å²) in [5, 5.41) is 7.46. The van der Waals surface area contributed by atoms with Crippen LogP contribution in [0.3, 0.4) is 0 Å². The summed E-state index contributed by atoms with van der Waals surface area (Å²) >= 11 is 0. The number of aryl methyl sites for hydroxylation is 3. The minimum absolute atomic E-state index is 0.223. The van der Waals surface area contributed by atoms with E-state index in [1.54, 1.807) is 12.1 Å². The maximum Gasteiger partial charge on any atom is 0.123 e. The highest BCUT2D eigenvalue weighted by Crippen LogP contribution is 2.48. The summed E-state index contributed by atoms with van der Waals surface area (Å²) < 4.78 is 14.2. The van der Waals surface area contributed by atoms with E-state index in [0.717, 1.165) is 30.4 Å². The van der Waals surface area contributed by atoms with Crippen LogP contribution in [0.5, 0.6) is 0 Å². The van der Waals surface area contributed by atoms with Crippen molar-refractivity contribution in [3.8, 4) is 44.5 Å². The van der Waals surface area contributed by atoms with Gasteiger partial charge >= 0.3 is 0 Å². The maximum atomic E-state index is 14.2. The molecule has 0 amide bonds. The van der Waals surface area contributed by atoms with Crippen molar-refractivity contribution in [1.29, 1.82) is 0 Å². The molecular weight excluding hydrogens is 572 g/mol. The van der Waals surface area contributed by atoms with Crippen molar-refractivity contribution in [2.45, 2.75) is 40.0 Å². The molecule has 0 nitrogen and oxygen atoms in total. The normalized spacial score (nSPS) is 11.7. The molecule has 0 heterocycles. The number of halogens is 1. The lowest BCUT2D eigenvalue weighted by Gasteiger charge is -2.21. The molecule has 0 aliphatic heterocycles. The van der Waals surface area contributed by atoms with Crippen molar-refractivity contribution < 1.29 is 4.39 Å². The minimum atomic E-state index is -0.223. The van der Waals surface area contributed by atoms with Gasteiger partial charge in [-0.1, -0.05) is 130 Å². The molecule has 0 N–H and O–H groups in total. The van der Waals surface area contributed by atoms with Gasteiger partial charge in [0.05, 0.1) is 0 Å². The van der Waals surface area contributed by atoms with E-state index in [2.05, 4.69) is 130 Å². The quantitative estimate of drug-likeness (QED) is 0.158. The van der Waals surface area contributed by atoms with Crippen molar-refractivity contribution in [3.05, 3.63) is 156 Å². The Morgan fingerprint density at radius 2 is 0.596 bits per heavy atom. The van der Waals surface area contributed by atoms with E-state index in [1.165, 1.54) is 82.4 Å². The molecule has 8 aromatic carbocycles. The highest BCUT2D eigenvalue weighted by atomic mass is 19.1. The topological polar surface area (TPSA) is 0 Å². The Morgan fingerprint density at radius 3 is 0.851 bits per heavy atom. The zero-order chi connectivity index (χ0) is 32.1. The Hall–Kier alpha value is -5.27. The first-order valence-electron chi connectivity index (χ1n) is 16.9. The molecule has 228 valence electrons. The van der Waals surface area contributed by atoms with E-state index < -0.39 is 0 Å². The first-order chi connectivity index (χ1) is 23.1. The van der Waals surface area contributed by atoms with E-state index in [4.69, 9.17) is 0 Å². The SMILES string of the molecule is CCc1ccc(-c2cc(-c3ccc(F)cc3)c3ccc4c(-c5ccc(CC)cc5)cc(-c5ccc(CC)cc5)c5ccc2c3c45)cc1. The van der Waals surface area contributed by atoms with Crippen LogP contribution in [0.4, 0.5) is 4.39 Å². The fraction of sp³-hybridized carbons (Fsp3) is 0.130. The lowest BCUT2D eigenvalue weighted by molar-refractivity contribution is 0.628. The highest BCUT2D eigenvalue weighted by molar-refractivity contribution is 6.31. The number of rotatable bonds is 7. The summed E-state index contributed by atoms with van der Waals surface area (Å²) in [5.74, 6) is -0.223. The van der Waals surface area contributed by atoms with Gasteiger partial charge < -0.3 is 0 Å². The molecule has 0 unspecified atom stereocenters. The van der Waals surface area contributed by atoms with Crippen LogP contribution in [0.25, 0.3) is 76.8 Å². The molecule has 8 rings (SSSR count). The molecule has 0 saturated heterocycles. The fourth-order valence-corrected chi connectivity index (χ4v) is 7.34. The minimum Gasteiger partial charge on any atom is -0.207 e. The molecule has 0 aliphatic carbocycles. The number of hydrogen-bond acceptors (Lipinski definition) is 0. The fourth-order valence-electron chi connectivity index (χ4n) is 7.34. The van der Waals surface area contributed by atoms with Crippen LogP contribution in [0.2, 0.25) is 0 Å². The average molecular weight is 609 g/mol. The smallest absolute Gasteiger partial charge is 0.123 e. The van der Waals surface area contributed by atoms with E-state index >= 15 is 0 Å². The first-order valence-corrected chi connectivity index (χ1v) is 16.9. The molecule has 0 fully saturated rings. The van der Waals surface area contributed by atoms with Crippen molar-refractivity contribution in [3.63, 3.8) is 0 Å². The molecule has 0 bridgehead atoms. The van der Waals surface area contributed by atoms with Gasteiger partial charge in [-0.15, -0.1) is 0 Å². The van der Waals surface area contributed by atoms with Crippen LogP contribution in [0, 0.1) is 5.82 Å². The zero-order valence-electron chi connectivity index (χ0n) is 27.2. The van der Waals surface area contributed by atoms with Gasteiger partial charge in [0.25, 0.3) is 0 Å². The maximum absolute atomic E-state index is 14.2. The largest absolute Gasteiger partial charge is 0.207 e. The van der Waals surface area contributed by atoms with Crippen LogP contribution < -0.4 is 0 Å². The van der Waals surface area contributed by atoms with E-state index in [-0.39, 0.29) is 5.82 Å². The lowest BCUT2D eigenvalue weighted by atomic mass is 9.81. The molecule has 0 spiro atoms. The van der Waals surface area contributed by atoms with Crippen molar-refractivity contribution in [2.24, 2.45) is 0 Å². The molecule has 0 aliphatic rings. The Labute approximate surface area is 276 Å². The second kappa shape index (κ2) is 11.8. The lowest BCUT2D eigenvalue weighted by Crippen LogP contribution is -1.95. The van der Waals surface area contributed by atoms with Crippen LogP contribution in [-0.4, -0.2) is 0 Å². The van der Waals surface area contributed by atoms with Gasteiger partial charge in [0.15, 0.2) is 0 Å². The Kier molecular flexibility index (Phi) is 7.34. The monoisotopic (exact) mass is 608 g/mol. The Morgan fingerprint density at radius 1 is 0.340 bits per heavy atom. The Bertz CT molecular complexity index is 2290. The Balaban J connectivity index is 1.52. The number of hydrogen-bond donors (Lipinski definition) is 0. The van der Waals surface area contributed by atoms with E-state index in [9.17, 15) is 4.39 Å².